The zero-order valence-corrected chi connectivity index (χ0v) is 12.6. The van der Waals surface area contributed by atoms with E-state index in [1.54, 1.807) is 18.2 Å². The van der Waals surface area contributed by atoms with Crippen LogP contribution in [0.3, 0.4) is 0 Å². The van der Waals surface area contributed by atoms with Crippen LogP contribution in [0.25, 0.3) is 33.2 Å². The third-order valence-electron chi connectivity index (χ3n) is 3.85. The fourth-order valence-corrected chi connectivity index (χ4v) is 2.99. The molecule has 4 aromatic rings. The van der Waals surface area contributed by atoms with Crippen LogP contribution < -0.4 is 0 Å². The van der Waals surface area contributed by atoms with Crippen molar-refractivity contribution < 1.29 is 9.90 Å². The van der Waals surface area contributed by atoms with Crippen LogP contribution in [0.15, 0.2) is 54.6 Å². The van der Waals surface area contributed by atoms with Crippen LogP contribution in [-0.4, -0.2) is 21.0 Å². The molecule has 5 heteroatoms. The minimum Gasteiger partial charge on any atom is -0.478 e. The molecule has 4 nitrogen and oxygen atoms in total. The summed E-state index contributed by atoms with van der Waals surface area (Å²) in [5, 5.41) is 11.7. The molecule has 3 aromatic carbocycles. The van der Waals surface area contributed by atoms with E-state index in [-0.39, 0.29) is 5.56 Å². The number of benzene rings is 3. The van der Waals surface area contributed by atoms with Gasteiger partial charge in [0, 0.05) is 16.0 Å². The van der Waals surface area contributed by atoms with Gasteiger partial charge in [-0.25, -0.2) is 9.78 Å². The molecule has 0 unspecified atom stereocenters. The van der Waals surface area contributed by atoms with Gasteiger partial charge < -0.3 is 10.1 Å². The Balaban J connectivity index is 1.96. The summed E-state index contributed by atoms with van der Waals surface area (Å²) in [7, 11) is 0. The highest BCUT2D eigenvalue weighted by molar-refractivity contribution is 6.35. The Hall–Kier alpha value is -2.85. The van der Waals surface area contributed by atoms with Crippen LogP contribution in [0.2, 0.25) is 5.02 Å². The minimum absolute atomic E-state index is 0.230. The molecule has 0 aliphatic carbocycles. The van der Waals surface area contributed by atoms with Crippen LogP contribution in [0.5, 0.6) is 0 Å². The summed E-state index contributed by atoms with van der Waals surface area (Å²) in [5.41, 5.74) is 2.58. The molecule has 23 heavy (non-hydrogen) atoms. The summed E-state index contributed by atoms with van der Waals surface area (Å²) < 4.78 is 0. The summed E-state index contributed by atoms with van der Waals surface area (Å²) in [6, 6.07) is 16.5. The summed E-state index contributed by atoms with van der Waals surface area (Å²) in [6.07, 6.45) is 0. The molecule has 0 atom stereocenters. The van der Waals surface area contributed by atoms with E-state index in [2.05, 4.69) is 9.97 Å². The van der Waals surface area contributed by atoms with Crippen molar-refractivity contribution in [2.24, 2.45) is 0 Å². The van der Waals surface area contributed by atoms with Crippen molar-refractivity contribution in [3.63, 3.8) is 0 Å². The SMILES string of the molecule is O=C(O)c1ccc2nc(-c3cccc4c(Cl)cccc34)[nH]c2c1. The number of aromatic nitrogens is 2. The van der Waals surface area contributed by atoms with Crippen LogP contribution in [0, 0.1) is 0 Å². The average molecular weight is 323 g/mol. The Bertz CT molecular complexity index is 1070. The Morgan fingerprint density at radius 2 is 1.83 bits per heavy atom. The standard InChI is InChI=1S/C18H11ClN2O2/c19-14-6-2-3-11-12(14)4-1-5-13(11)17-20-15-8-7-10(18(22)23)9-16(15)21-17/h1-9H,(H,20,21)(H,22,23). The molecule has 1 heterocycles. The zero-order chi connectivity index (χ0) is 16.0. The van der Waals surface area contributed by atoms with Crippen molar-refractivity contribution in [1.82, 2.24) is 9.97 Å². The number of hydrogen-bond acceptors (Lipinski definition) is 2. The number of carbonyl (C=O) groups is 1. The van der Waals surface area contributed by atoms with Gasteiger partial charge in [-0.05, 0) is 29.7 Å². The predicted octanol–water partition coefficient (Wildman–Crippen LogP) is 4.73. The lowest BCUT2D eigenvalue weighted by Gasteiger charge is -2.05. The van der Waals surface area contributed by atoms with Gasteiger partial charge in [0.2, 0.25) is 0 Å². The Morgan fingerprint density at radius 1 is 1.04 bits per heavy atom. The average Bonchev–Trinajstić information content (AvgIpc) is 2.97. The van der Waals surface area contributed by atoms with Crippen molar-refractivity contribution >= 4 is 39.4 Å². The van der Waals surface area contributed by atoms with Gasteiger partial charge in [-0.1, -0.05) is 41.9 Å². The van der Waals surface area contributed by atoms with Crippen LogP contribution in [0.1, 0.15) is 10.4 Å². The van der Waals surface area contributed by atoms with E-state index in [4.69, 9.17) is 16.7 Å². The number of carboxylic acids is 1. The topological polar surface area (TPSA) is 66.0 Å². The van der Waals surface area contributed by atoms with Gasteiger partial charge in [-0.3, -0.25) is 0 Å². The first kappa shape index (κ1) is 13.8. The van der Waals surface area contributed by atoms with Gasteiger partial charge in [0.25, 0.3) is 0 Å². The number of nitrogens with one attached hydrogen (secondary N) is 1. The van der Waals surface area contributed by atoms with Gasteiger partial charge in [0.15, 0.2) is 0 Å². The Labute approximate surface area is 136 Å². The molecule has 2 N–H and O–H groups in total. The summed E-state index contributed by atoms with van der Waals surface area (Å²) in [6.45, 7) is 0. The number of aromatic carboxylic acids is 1. The van der Waals surface area contributed by atoms with Crippen molar-refractivity contribution in [1.29, 1.82) is 0 Å². The van der Waals surface area contributed by atoms with E-state index in [0.29, 0.717) is 16.4 Å². The number of halogens is 1. The number of carboxylic acid groups (broad SMARTS) is 1. The fourth-order valence-electron chi connectivity index (χ4n) is 2.75. The van der Waals surface area contributed by atoms with Gasteiger partial charge in [0.1, 0.15) is 5.82 Å². The lowest BCUT2D eigenvalue weighted by molar-refractivity contribution is 0.0697. The van der Waals surface area contributed by atoms with Crippen LogP contribution in [0.4, 0.5) is 0 Å². The van der Waals surface area contributed by atoms with Crippen molar-refractivity contribution in [3.05, 3.63) is 65.2 Å². The van der Waals surface area contributed by atoms with E-state index in [9.17, 15) is 4.79 Å². The molecule has 0 amide bonds. The molecule has 0 aliphatic rings. The molecular formula is C18H11ClN2O2. The summed E-state index contributed by atoms with van der Waals surface area (Å²) in [4.78, 5) is 18.9. The van der Waals surface area contributed by atoms with E-state index >= 15 is 0 Å². The van der Waals surface area contributed by atoms with Crippen molar-refractivity contribution in [2.45, 2.75) is 0 Å². The maximum Gasteiger partial charge on any atom is 0.335 e. The van der Waals surface area contributed by atoms with E-state index in [1.165, 1.54) is 0 Å². The molecule has 0 spiro atoms. The highest BCUT2D eigenvalue weighted by Gasteiger charge is 2.11. The van der Waals surface area contributed by atoms with Gasteiger partial charge in [-0.15, -0.1) is 0 Å². The number of fused-ring (bicyclic) bond motifs is 2. The Morgan fingerprint density at radius 3 is 2.65 bits per heavy atom. The van der Waals surface area contributed by atoms with Gasteiger partial charge >= 0.3 is 5.97 Å². The highest BCUT2D eigenvalue weighted by atomic mass is 35.5. The summed E-state index contributed by atoms with van der Waals surface area (Å²) in [5.74, 6) is -0.268. The fraction of sp³-hybridized carbons (Fsp3) is 0. The van der Waals surface area contributed by atoms with Crippen molar-refractivity contribution in [2.75, 3.05) is 0 Å². The number of nitrogens with zero attached hydrogens (tertiary/aromatic N) is 1. The number of H-pyrrole nitrogens is 1. The monoisotopic (exact) mass is 322 g/mol. The highest BCUT2D eigenvalue weighted by Crippen LogP contribution is 2.32. The van der Waals surface area contributed by atoms with Crippen molar-refractivity contribution in [3.8, 4) is 11.4 Å². The molecule has 0 bridgehead atoms. The lowest BCUT2D eigenvalue weighted by atomic mass is 10.0. The second-order valence-corrected chi connectivity index (χ2v) is 5.67. The van der Waals surface area contributed by atoms with Gasteiger partial charge in [-0.2, -0.15) is 0 Å². The second-order valence-electron chi connectivity index (χ2n) is 5.26. The van der Waals surface area contributed by atoms with E-state index < -0.39 is 5.97 Å². The molecule has 0 saturated carbocycles. The maximum atomic E-state index is 11.1. The third kappa shape index (κ3) is 2.24. The second kappa shape index (κ2) is 5.11. The zero-order valence-electron chi connectivity index (χ0n) is 11.9. The number of rotatable bonds is 2. The molecule has 0 aliphatic heterocycles. The Kier molecular flexibility index (Phi) is 3.06. The first-order valence-corrected chi connectivity index (χ1v) is 7.42. The number of aromatic amines is 1. The molecule has 0 fully saturated rings. The molecule has 0 saturated heterocycles. The van der Waals surface area contributed by atoms with Crippen LogP contribution in [-0.2, 0) is 0 Å². The maximum absolute atomic E-state index is 11.1. The summed E-state index contributed by atoms with van der Waals surface area (Å²) >= 11 is 6.25. The molecule has 0 radical (unpaired) electrons. The molecule has 1 aromatic heterocycles. The molecule has 4 rings (SSSR count). The third-order valence-corrected chi connectivity index (χ3v) is 4.18. The predicted molar refractivity (Wildman–Crippen MR) is 91.0 cm³/mol. The first-order chi connectivity index (χ1) is 11.1. The first-order valence-electron chi connectivity index (χ1n) is 7.04. The largest absolute Gasteiger partial charge is 0.478 e. The van der Waals surface area contributed by atoms with E-state index in [1.807, 2.05) is 36.4 Å². The molecule has 112 valence electrons. The van der Waals surface area contributed by atoms with Gasteiger partial charge in [0.05, 0.1) is 16.6 Å². The van der Waals surface area contributed by atoms with Crippen LogP contribution >= 0.6 is 11.6 Å². The van der Waals surface area contributed by atoms with E-state index in [0.717, 1.165) is 21.9 Å². The number of imidazole rings is 1. The quantitative estimate of drug-likeness (QED) is 0.560. The lowest BCUT2D eigenvalue weighted by Crippen LogP contribution is -1.94. The number of hydrogen-bond donors (Lipinski definition) is 2. The smallest absolute Gasteiger partial charge is 0.335 e. The molecular weight excluding hydrogens is 312 g/mol. The normalized spacial score (nSPS) is 11.2. The minimum atomic E-state index is -0.958.